The molecule has 0 spiro atoms. The van der Waals surface area contributed by atoms with Gasteiger partial charge in [0.05, 0.1) is 11.6 Å². The zero-order chi connectivity index (χ0) is 16.5. The van der Waals surface area contributed by atoms with Gasteiger partial charge >= 0.3 is 0 Å². The molecular weight excluding hydrogens is 448 g/mol. The smallest absolute Gasteiger partial charge is 0.191 e. The van der Waals surface area contributed by atoms with Crippen LogP contribution in [0.4, 0.5) is 0 Å². The van der Waals surface area contributed by atoms with Crippen LogP contribution in [0.2, 0.25) is 10.2 Å². The van der Waals surface area contributed by atoms with Gasteiger partial charge in [0.1, 0.15) is 5.15 Å². The second kappa shape index (κ2) is 12.2. The highest BCUT2D eigenvalue weighted by atomic mass is 127. The Balaban J connectivity index is 0.00000484. The minimum atomic E-state index is 0. The highest BCUT2D eigenvalue weighted by Gasteiger charge is 2.08. The van der Waals surface area contributed by atoms with Crippen molar-refractivity contribution in [2.24, 2.45) is 12.0 Å². The van der Waals surface area contributed by atoms with Crippen molar-refractivity contribution in [3.8, 4) is 0 Å². The van der Waals surface area contributed by atoms with Crippen molar-refractivity contribution in [1.82, 2.24) is 20.1 Å². The first-order chi connectivity index (χ1) is 10.5. The van der Waals surface area contributed by atoms with Crippen molar-refractivity contribution in [1.29, 1.82) is 0 Å². The normalized spacial score (nSPS) is 11.5. The number of aromatic nitrogens is 1. The molecule has 134 valence electrons. The van der Waals surface area contributed by atoms with E-state index in [4.69, 9.17) is 23.2 Å². The van der Waals surface area contributed by atoms with Gasteiger partial charge in [0.25, 0.3) is 0 Å². The summed E-state index contributed by atoms with van der Waals surface area (Å²) in [6, 6.07) is 1.85. The number of halogens is 3. The van der Waals surface area contributed by atoms with Crippen LogP contribution in [0.15, 0.2) is 11.1 Å². The summed E-state index contributed by atoms with van der Waals surface area (Å²) in [5.41, 5.74) is 0.982. The highest BCUT2D eigenvalue weighted by Crippen LogP contribution is 2.25. The van der Waals surface area contributed by atoms with E-state index in [1.54, 1.807) is 0 Å². The van der Waals surface area contributed by atoms with Crippen molar-refractivity contribution in [3.63, 3.8) is 0 Å². The molecule has 1 aromatic heterocycles. The van der Waals surface area contributed by atoms with Crippen LogP contribution in [0.3, 0.4) is 0 Å². The zero-order valence-electron chi connectivity index (χ0n) is 14.3. The number of hydrogen-bond acceptors (Lipinski definition) is 2. The van der Waals surface area contributed by atoms with E-state index < -0.39 is 0 Å². The van der Waals surface area contributed by atoms with Gasteiger partial charge in [0, 0.05) is 32.4 Å². The monoisotopic (exact) mass is 475 g/mol. The van der Waals surface area contributed by atoms with Crippen LogP contribution in [0.25, 0.3) is 0 Å². The SMILES string of the molecule is CCNC(=NCc1cc(Cl)c(Cl)n1C)NCCN(CC)CC.I. The number of guanidine groups is 1. The average molecular weight is 476 g/mol. The van der Waals surface area contributed by atoms with Gasteiger partial charge in [0.2, 0.25) is 0 Å². The molecule has 5 nitrogen and oxygen atoms in total. The minimum absolute atomic E-state index is 0. The molecular formula is C15H28Cl2IN5. The van der Waals surface area contributed by atoms with Crippen molar-refractivity contribution >= 4 is 53.1 Å². The molecule has 1 rings (SSSR count). The predicted molar refractivity (Wildman–Crippen MR) is 111 cm³/mol. The summed E-state index contributed by atoms with van der Waals surface area (Å²) in [6.45, 7) is 11.7. The third-order valence-corrected chi connectivity index (χ3v) is 4.42. The summed E-state index contributed by atoms with van der Waals surface area (Å²) in [4.78, 5) is 6.95. The molecule has 0 aliphatic heterocycles. The largest absolute Gasteiger partial charge is 0.357 e. The quantitative estimate of drug-likeness (QED) is 0.344. The van der Waals surface area contributed by atoms with Crippen LogP contribution in [-0.2, 0) is 13.6 Å². The minimum Gasteiger partial charge on any atom is -0.357 e. The molecule has 8 heteroatoms. The molecule has 0 bridgehead atoms. The van der Waals surface area contributed by atoms with Crippen LogP contribution in [0.1, 0.15) is 26.5 Å². The lowest BCUT2D eigenvalue weighted by Crippen LogP contribution is -2.41. The maximum Gasteiger partial charge on any atom is 0.191 e. The van der Waals surface area contributed by atoms with Gasteiger partial charge in [-0.3, -0.25) is 0 Å². The van der Waals surface area contributed by atoms with Crippen molar-refractivity contribution in [3.05, 3.63) is 21.9 Å². The Morgan fingerprint density at radius 2 is 1.87 bits per heavy atom. The summed E-state index contributed by atoms with van der Waals surface area (Å²) in [5.74, 6) is 0.808. The summed E-state index contributed by atoms with van der Waals surface area (Å²) in [6.07, 6.45) is 0. The number of hydrogen-bond donors (Lipinski definition) is 2. The van der Waals surface area contributed by atoms with Gasteiger partial charge in [-0.25, -0.2) is 4.99 Å². The Labute approximate surface area is 166 Å². The molecule has 0 radical (unpaired) electrons. The van der Waals surface area contributed by atoms with E-state index in [0.29, 0.717) is 16.7 Å². The van der Waals surface area contributed by atoms with Crippen LogP contribution in [-0.4, -0.2) is 48.2 Å². The molecule has 2 N–H and O–H groups in total. The first-order valence-corrected chi connectivity index (χ1v) is 8.53. The summed E-state index contributed by atoms with van der Waals surface area (Å²) < 4.78 is 1.85. The van der Waals surface area contributed by atoms with E-state index in [2.05, 4.69) is 41.3 Å². The van der Waals surface area contributed by atoms with E-state index in [9.17, 15) is 0 Å². The first kappa shape index (κ1) is 22.8. The fourth-order valence-electron chi connectivity index (χ4n) is 2.11. The number of aliphatic imine (C=N–C) groups is 1. The van der Waals surface area contributed by atoms with Crippen LogP contribution in [0.5, 0.6) is 0 Å². The molecule has 23 heavy (non-hydrogen) atoms. The zero-order valence-corrected chi connectivity index (χ0v) is 18.2. The average Bonchev–Trinajstić information content (AvgIpc) is 2.76. The predicted octanol–water partition coefficient (Wildman–Crippen LogP) is 3.35. The Bertz CT molecular complexity index is 486. The van der Waals surface area contributed by atoms with Gasteiger partial charge < -0.3 is 20.1 Å². The Morgan fingerprint density at radius 3 is 2.35 bits per heavy atom. The van der Waals surface area contributed by atoms with E-state index in [-0.39, 0.29) is 24.0 Å². The van der Waals surface area contributed by atoms with Gasteiger partial charge in [-0.1, -0.05) is 37.0 Å². The molecule has 0 aliphatic carbocycles. The van der Waals surface area contributed by atoms with Crippen LogP contribution >= 0.6 is 47.2 Å². The molecule has 0 fully saturated rings. The molecule has 0 atom stereocenters. The van der Waals surface area contributed by atoms with Gasteiger partial charge in [-0.15, -0.1) is 24.0 Å². The Hall–Kier alpha value is -0.180. The number of likely N-dealkylation sites (N-methyl/N-ethyl adjacent to an activating group) is 1. The molecule has 0 saturated heterocycles. The van der Waals surface area contributed by atoms with Crippen LogP contribution in [0, 0.1) is 0 Å². The van der Waals surface area contributed by atoms with Gasteiger partial charge in [-0.2, -0.15) is 0 Å². The third kappa shape index (κ3) is 7.49. The second-order valence-electron chi connectivity index (χ2n) is 4.98. The molecule has 1 aromatic rings. The van der Waals surface area contributed by atoms with E-state index >= 15 is 0 Å². The van der Waals surface area contributed by atoms with Crippen molar-refractivity contribution < 1.29 is 0 Å². The lowest BCUT2D eigenvalue weighted by Gasteiger charge is -2.19. The topological polar surface area (TPSA) is 44.6 Å². The molecule has 0 aliphatic rings. The van der Waals surface area contributed by atoms with Crippen molar-refractivity contribution in [2.75, 3.05) is 32.7 Å². The Morgan fingerprint density at radius 1 is 1.22 bits per heavy atom. The standard InChI is InChI=1S/C15H27Cl2N5.HI/c1-5-18-15(19-8-9-22(6-2)7-3)20-11-12-10-13(16)14(17)21(12)4;/h10H,5-9,11H2,1-4H3,(H2,18,19,20);1H. The summed E-state index contributed by atoms with van der Waals surface area (Å²) >= 11 is 12.1. The van der Waals surface area contributed by atoms with E-state index in [0.717, 1.165) is 44.4 Å². The second-order valence-corrected chi connectivity index (χ2v) is 5.75. The molecule has 0 unspecified atom stereocenters. The van der Waals surface area contributed by atoms with Gasteiger partial charge in [0.15, 0.2) is 5.96 Å². The maximum atomic E-state index is 6.07. The molecule has 0 amide bonds. The number of rotatable bonds is 8. The fraction of sp³-hybridized carbons (Fsp3) is 0.667. The molecule has 0 saturated carbocycles. The fourth-order valence-corrected chi connectivity index (χ4v) is 2.53. The number of nitrogens with one attached hydrogen (secondary N) is 2. The molecule has 0 aromatic carbocycles. The third-order valence-electron chi connectivity index (χ3n) is 3.57. The molecule has 1 heterocycles. The van der Waals surface area contributed by atoms with Crippen LogP contribution < -0.4 is 10.6 Å². The Kier molecular flexibility index (Phi) is 12.1. The van der Waals surface area contributed by atoms with E-state index in [1.165, 1.54) is 0 Å². The van der Waals surface area contributed by atoms with E-state index in [1.807, 2.05) is 17.7 Å². The lowest BCUT2D eigenvalue weighted by atomic mass is 10.4. The summed E-state index contributed by atoms with van der Waals surface area (Å²) in [7, 11) is 1.89. The lowest BCUT2D eigenvalue weighted by molar-refractivity contribution is 0.308. The number of nitrogens with zero attached hydrogens (tertiary/aromatic N) is 3. The maximum absolute atomic E-state index is 6.07. The first-order valence-electron chi connectivity index (χ1n) is 7.77. The highest BCUT2D eigenvalue weighted by molar-refractivity contribution is 14.0. The summed E-state index contributed by atoms with van der Waals surface area (Å²) in [5, 5.41) is 7.71. The van der Waals surface area contributed by atoms with Crippen molar-refractivity contribution in [2.45, 2.75) is 27.3 Å². The van der Waals surface area contributed by atoms with Gasteiger partial charge in [-0.05, 0) is 26.1 Å².